The molecule has 0 aliphatic heterocycles. The first-order valence-corrected chi connectivity index (χ1v) is 6.94. The lowest BCUT2D eigenvalue weighted by atomic mass is 10.3. The van der Waals surface area contributed by atoms with Gasteiger partial charge in [0.15, 0.2) is 0 Å². The van der Waals surface area contributed by atoms with E-state index in [0.717, 1.165) is 0 Å². The van der Waals surface area contributed by atoms with Gasteiger partial charge in [0.2, 0.25) is 0 Å². The maximum Gasteiger partial charge on any atom is 0.258 e. The number of halogens is 2. The van der Waals surface area contributed by atoms with Crippen LogP contribution in [0.2, 0.25) is 10.0 Å². The standard InChI is InChI=1S/C15H10Cl2N2O2/c16-10-4-5-13(12(17)7-10)21-9-11-8-15(20)19-6-2-1-3-14(19)18-11/h1-8H,9H2. The van der Waals surface area contributed by atoms with Crippen molar-refractivity contribution in [1.82, 2.24) is 9.38 Å². The van der Waals surface area contributed by atoms with E-state index in [1.807, 2.05) is 6.07 Å². The Morgan fingerprint density at radius 2 is 2.00 bits per heavy atom. The van der Waals surface area contributed by atoms with Gasteiger partial charge in [-0.15, -0.1) is 0 Å². The van der Waals surface area contributed by atoms with Gasteiger partial charge in [0.25, 0.3) is 5.56 Å². The van der Waals surface area contributed by atoms with Crippen molar-refractivity contribution in [1.29, 1.82) is 0 Å². The zero-order chi connectivity index (χ0) is 14.8. The van der Waals surface area contributed by atoms with Gasteiger partial charge in [-0.3, -0.25) is 9.20 Å². The molecule has 21 heavy (non-hydrogen) atoms. The summed E-state index contributed by atoms with van der Waals surface area (Å²) in [7, 11) is 0. The van der Waals surface area contributed by atoms with Gasteiger partial charge in [-0.05, 0) is 30.3 Å². The van der Waals surface area contributed by atoms with E-state index >= 15 is 0 Å². The topological polar surface area (TPSA) is 43.6 Å². The fraction of sp³-hybridized carbons (Fsp3) is 0.0667. The number of hydrogen-bond acceptors (Lipinski definition) is 3. The molecule has 2 aromatic heterocycles. The molecule has 106 valence electrons. The van der Waals surface area contributed by atoms with Crippen molar-refractivity contribution in [3.8, 4) is 5.75 Å². The lowest BCUT2D eigenvalue weighted by molar-refractivity contribution is 0.301. The SMILES string of the molecule is O=c1cc(COc2ccc(Cl)cc2Cl)nc2ccccn12. The first-order valence-electron chi connectivity index (χ1n) is 6.19. The molecule has 6 heteroatoms. The molecule has 0 bridgehead atoms. The summed E-state index contributed by atoms with van der Waals surface area (Å²) in [6.07, 6.45) is 1.67. The van der Waals surface area contributed by atoms with Crippen LogP contribution in [0.4, 0.5) is 0 Å². The van der Waals surface area contributed by atoms with Crippen LogP contribution in [0.5, 0.6) is 5.75 Å². The first-order chi connectivity index (χ1) is 10.1. The van der Waals surface area contributed by atoms with E-state index in [4.69, 9.17) is 27.9 Å². The molecule has 0 fully saturated rings. The molecule has 0 aliphatic rings. The minimum absolute atomic E-state index is 0.151. The fourth-order valence-electron chi connectivity index (χ4n) is 1.92. The van der Waals surface area contributed by atoms with Crippen LogP contribution in [0, 0.1) is 0 Å². The Hall–Kier alpha value is -2.04. The second-order valence-electron chi connectivity index (χ2n) is 4.38. The second-order valence-corrected chi connectivity index (χ2v) is 5.22. The van der Waals surface area contributed by atoms with Crippen molar-refractivity contribution < 1.29 is 4.74 Å². The third-order valence-electron chi connectivity index (χ3n) is 2.89. The molecule has 0 saturated carbocycles. The number of nitrogens with zero attached hydrogens (tertiary/aromatic N) is 2. The molecular weight excluding hydrogens is 311 g/mol. The third kappa shape index (κ3) is 3.01. The Balaban J connectivity index is 1.87. The van der Waals surface area contributed by atoms with E-state index in [-0.39, 0.29) is 12.2 Å². The highest BCUT2D eigenvalue weighted by Crippen LogP contribution is 2.27. The minimum atomic E-state index is -0.151. The number of fused-ring (bicyclic) bond motifs is 1. The predicted octanol–water partition coefficient (Wildman–Crippen LogP) is 3.58. The third-order valence-corrected chi connectivity index (χ3v) is 3.42. The molecule has 0 N–H and O–H groups in total. The van der Waals surface area contributed by atoms with Gasteiger partial charge in [-0.1, -0.05) is 29.3 Å². The van der Waals surface area contributed by atoms with E-state index in [1.54, 1.807) is 36.5 Å². The van der Waals surface area contributed by atoms with E-state index in [2.05, 4.69) is 4.98 Å². The number of benzene rings is 1. The van der Waals surface area contributed by atoms with Gasteiger partial charge in [-0.2, -0.15) is 0 Å². The highest BCUT2D eigenvalue weighted by Gasteiger charge is 2.05. The Morgan fingerprint density at radius 1 is 1.14 bits per heavy atom. The molecule has 0 atom stereocenters. The van der Waals surface area contributed by atoms with Crippen molar-refractivity contribution in [3.05, 3.63) is 74.8 Å². The zero-order valence-electron chi connectivity index (χ0n) is 10.8. The van der Waals surface area contributed by atoms with Crippen LogP contribution < -0.4 is 10.3 Å². The smallest absolute Gasteiger partial charge is 0.258 e. The van der Waals surface area contributed by atoms with Crippen LogP contribution in [0.3, 0.4) is 0 Å². The normalized spacial score (nSPS) is 10.8. The summed E-state index contributed by atoms with van der Waals surface area (Å²) in [5, 5.41) is 0.953. The number of ether oxygens (including phenoxy) is 1. The van der Waals surface area contributed by atoms with Gasteiger partial charge >= 0.3 is 0 Å². The molecule has 3 rings (SSSR count). The van der Waals surface area contributed by atoms with Crippen LogP contribution >= 0.6 is 23.2 Å². The summed E-state index contributed by atoms with van der Waals surface area (Å²) in [6.45, 7) is 0.155. The zero-order valence-corrected chi connectivity index (χ0v) is 12.3. The van der Waals surface area contributed by atoms with Crippen LogP contribution in [0.15, 0.2) is 53.5 Å². The van der Waals surface area contributed by atoms with Gasteiger partial charge < -0.3 is 4.74 Å². The average Bonchev–Trinajstić information content (AvgIpc) is 2.46. The summed E-state index contributed by atoms with van der Waals surface area (Å²) < 4.78 is 7.05. The fourth-order valence-corrected chi connectivity index (χ4v) is 2.38. The van der Waals surface area contributed by atoms with Gasteiger partial charge in [0.05, 0.1) is 10.7 Å². The molecule has 3 aromatic rings. The maximum absolute atomic E-state index is 11.9. The van der Waals surface area contributed by atoms with Crippen LogP contribution in [0.25, 0.3) is 5.65 Å². The highest BCUT2D eigenvalue weighted by molar-refractivity contribution is 6.35. The van der Waals surface area contributed by atoms with Gasteiger partial charge in [0.1, 0.15) is 18.0 Å². The average molecular weight is 321 g/mol. The Kier molecular flexibility index (Phi) is 3.82. The molecule has 2 heterocycles. The predicted molar refractivity (Wildman–Crippen MR) is 82.3 cm³/mol. The summed E-state index contributed by atoms with van der Waals surface area (Å²) >= 11 is 11.9. The number of hydrogen-bond donors (Lipinski definition) is 0. The van der Waals surface area contributed by atoms with Crippen LogP contribution in [-0.2, 0) is 6.61 Å². The molecule has 0 amide bonds. The lowest BCUT2D eigenvalue weighted by Crippen LogP contribution is -2.16. The van der Waals surface area contributed by atoms with Crippen molar-refractivity contribution in [2.45, 2.75) is 6.61 Å². The monoisotopic (exact) mass is 320 g/mol. The van der Waals surface area contributed by atoms with Crippen molar-refractivity contribution in [2.75, 3.05) is 0 Å². The molecule has 0 unspecified atom stereocenters. The van der Waals surface area contributed by atoms with E-state index in [1.165, 1.54) is 10.5 Å². The lowest BCUT2D eigenvalue weighted by Gasteiger charge is -2.08. The van der Waals surface area contributed by atoms with Crippen LogP contribution in [-0.4, -0.2) is 9.38 Å². The van der Waals surface area contributed by atoms with E-state index in [9.17, 15) is 4.79 Å². The van der Waals surface area contributed by atoms with E-state index in [0.29, 0.717) is 27.1 Å². The molecular formula is C15H10Cl2N2O2. The molecule has 0 saturated heterocycles. The molecule has 0 radical (unpaired) electrons. The Bertz CT molecular complexity index is 862. The van der Waals surface area contributed by atoms with Crippen LogP contribution in [0.1, 0.15) is 5.69 Å². The van der Waals surface area contributed by atoms with Gasteiger partial charge in [0, 0.05) is 17.3 Å². The molecule has 1 aromatic carbocycles. The second kappa shape index (κ2) is 5.76. The maximum atomic E-state index is 11.9. The largest absolute Gasteiger partial charge is 0.486 e. The first kappa shape index (κ1) is 13.9. The summed E-state index contributed by atoms with van der Waals surface area (Å²) in [5.74, 6) is 0.496. The Labute approximate surface area is 130 Å². The molecule has 0 aliphatic carbocycles. The number of pyridine rings is 1. The Morgan fingerprint density at radius 3 is 2.81 bits per heavy atom. The molecule has 0 spiro atoms. The van der Waals surface area contributed by atoms with Crippen molar-refractivity contribution >= 4 is 28.8 Å². The minimum Gasteiger partial charge on any atom is -0.486 e. The van der Waals surface area contributed by atoms with E-state index < -0.39 is 0 Å². The summed E-state index contributed by atoms with van der Waals surface area (Å²) in [4.78, 5) is 16.3. The highest BCUT2D eigenvalue weighted by atomic mass is 35.5. The summed E-state index contributed by atoms with van der Waals surface area (Å²) in [5.41, 5.74) is 0.962. The van der Waals surface area contributed by atoms with Gasteiger partial charge in [-0.25, -0.2) is 4.98 Å². The van der Waals surface area contributed by atoms with Crippen molar-refractivity contribution in [3.63, 3.8) is 0 Å². The number of rotatable bonds is 3. The molecule has 4 nitrogen and oxygen atoms in total. The van der Waals surface area contributed by atoms with Crippen molar-refractivity contribution in [2.24, 2.45) is 0 Å². The quantitative estimate of drug-likeness (QED) is 0.740. The number of aromatic nitrogens is 2. The summed E-state index contributed by atoms with van der Waals surface area (Å²) in [6, 6.07) is 11.8.